The number of amides is 1. The number of nitrogens with zero attached hydrogens (tertiary/aromatic N) is 2. The minimum absolute atomic E-state index is 0.299. The lowest BCUT2D eigenvalue weighted by Crippen LogP contribution is -2.50. The van der Waals surface area contributed by atoms with Gasteiger partial charge in [0.15, 0.2) is 12.4 Å². The van der Waals surface area contributed by atoms with Gasteiger partial charge >= 0.3 is 12.2 Å². The zero-order valence-corrected chi connectivity index (χ0v) is 20.5. The van der Waals surface area contributed by atoms with Gasteiger partial charge in [0.05, 0.1) is 6.54 Å². The highest BCUT2D eigenvalue weighted by Gasteiger charge is 2.45. The van der Waals surface area contributed by atoms with Gasteiger partial charge in [-0.1, -0.05) is 89.7 Å². The second-order valence-corrected chi connectivity index (χ2v) is 10.4. The van der Waals surface area contributed by atoms with Gasteiger partial charge in [-0.05, 0) is 25.3 Å². The summed E-state index contributed by atoms with van der Waals surface area (Å²) >= 11 is 1.54. The van der Waals surface area contributed by atoms with Crippen LogP contribution in [0.15, 0.2) is 24.3 Å². The Labute approximate surface area is 194 Å². The van der Waals surface area contributed by atoms with Crippen molar-refractivity contribution in [2.75, 3.05) is 19.8 Å². The molecule has 0 bridgehead atoms. The highest BCUT2D eigenvalue weighted by atomic mass is 32.2. The van der Waals surface area contributed by atoms with Crippen molar-refractivity contribution in [3.63, 3.8) is 0 Å². The minimum atomic E-state index is 0.299. The van der Waals surface area contributed by atoms with Crippen LogP contribution in [0.3, 0.4) is 0 Å². The molecule has 0 saturated carbocycles. The van der Waals surface area contributed by atoms with Crippen LogP contribution in [0.5, 0.6) is 5.75 Å². The van der Waals surface area contributed by atoms with Gasteiger partial charge in [0, 0.05) is 19.0 Å². The van der Waals surface area contributed by atoms with Crippen molar-refractivity contribution in [2.24, 2.45) is 0 Å². The van der Waals surface area contributed by atoms with Gasteiger partial charge < -0.3 is 4.18 Å². The maximum absolute atomic E-state index is 12.3. The van der Waals surface area contributed by atoms with Crippen LogP contribution >= 0.6 is 12.2 Å². The van der Waals surface area contributed by atoms with E-state index in [1.165, 1.54) is 101 Å². The minimum Gasteiger partial charge on any atom is -0.371 e. The van der Waals surface area contributed by atoms with Crippen molar-refractivity contribution in [3.05, 3.63) is 24.3 Å². The van der Waals surface area contributed by atoms with Crippen molar-refractivity contribution in [1.29, 1.82) is 0 Å². The van der Waals surface area contributed by atoms with E-state index in [1.807, 2.05) is 11.0 Å². The average Bonchev–Trinajstić information content (AvgIpc) is 3.36. The molecule has 0 radical (unpaired) electrons. The van der Waals surface area contributed by atoms with Crippen molar-refractivity contribution in [1.82, 2.24) is 8.79 Å². The number of fused-ring (bicyclic) bond motifs is 1. The number of carbonyl (C=O) groups excluding carboxylic acids is 1. The lowest BCUT2D eigenvalue weighted by Gasteiger charge is -2.32. The summed E-state index contributed by atoms with van der Waals surface area (Å²) in [5.41, 5.74) is 1.23. The van der Waals surface area contributed by atoms with Gasteiger partial charge in [0.25, 0.3) is 0 Å². The maximum atomic E-state index is 12.3. The molecule has 2 aliphatic heterocycles. The third-order valence-corrected chi connectivity index (χ3v) is 7.80. The molecule has 4 nitrogen and oxygen atoms in total. The van der Waals surface area contributed by atoms with Crippen LogP contribution in [-0.2, 0) is 4.79 Å². The number of rotatable bonds is 16. The summed E-state index contributed by atoms with van der Waals surface area (Å²) in [7, 11) is 0. The maximum Gasteiger partial charge on any atom is 0.321 e. The Morgan fingerprint density at radius 3 is 2.13 bits per heavy atom. The Morgan fingerprint density at radius 1 is 0.903 bits per heavy atom. The molecule has 0 spiro atoms. The normalized spacial score (nSPS) is 20.3. The first-order chi connectivity index (χ1) is 15.2. The van der Waals surface area contributed by atoms with E-state index in [2.05, 4.69) is 25.1 Å². The number of quaternary nitrogens is 1. The average molecular weight is 448 g/mol. The molecule has 0 N–H and O–H groups in total. The molecule has 31 heavy (non-hydrogen) atoms. The van der Waals surface area contributed by atoms with Crippen LogP contribution in [0, 0.1) is 0 Å². The first kappa shape index (κ1) is 24.4. The number of carbonyl (C=O) groups is 1. The van der Waals surface area contributed by atoms with Crippen LogP contribution in [0.4, 0.5) is 5.69 Å². The Balaban J connectivity index is 1.34. The fourth-order valence-corrected chi connectivity index (χ4v) is 5.84. The predicted octanol–water partition coefficient (Wildman–Crippen LogP) is 7.62. The Bertz CT molecular complexity index is 669. The number of para-hydroxylation sites is 2. The second kappa shape index (κ2) is 13.4. The fraction of sp³-hybridized carbons (Fsp3) is 0.731. The predicted molar refractivity (Wildman–Crippen MR) is 133 cm³/mol. The third-order valence-electron chi connectivity index (χ3n) is 6.77. The van der Waals surface area contributed by atoms with E-state index in [1.54, 1.807) is 0 Å². The highest BCUT2D eigenvalue weighted by molar-refractivity contribution is 7.94. The van der Waals surface area contributed by atoms with E-state index in [0.717, 1.165) is 31.9 Å². The number of hydrogen-bond acceptors (Lipinski definition) is 3. The molecule has 1 saturated heterocycles. The molecular weight excluding hydrogens is 404 g/mol. The van der Waals surface area contributed by atoms with Gasteiger partial charge in [0.2, 0.25) is 11.7 Å². The van der Waals surface area contributed by atoms with Crippen molar-refractivity contribution in [3.8, 4) is 5.75 Å². The summed E-state index contributed by atoms with van der Waals surface area (Å²) in [6, 6.07) is 8.36. The van der Waals surface area contributed by atoms with Gasteiger partial charge in [-0.2, -0.15) is 3.89 Å². The number of benzene rings is 1. The smallest absolute Gasteiger partial charge is 0.321 e. The monoisotopic (exact) mass is 447 g/mol. The molecule has 1 fully saturated rings. The van der Waals surface area contributed by atoms with E-state index in [0.29, 0.717) is 16.2 Å². The first-order valence-electron chi connectivity index (χ1n) is 12.9. The summed E-state index contributed by atoms with van der Waals surface area (Å²) in [6.07, 6.45) is 19.5. The Hall–Kier alpha value is -1.20. The standard InChI is InChI=1S/C26H43N2O2S/c1-2-3-4-5-6-7-8-9-10-11-12-13-16-22-28(23-27-21-17-20-26(27)29)24-18-14-15-19-25(24)30-31-28/h14-15,18-19H,2-13,16-17,20-23H2,1H3/q+1. The topological polar surface area (TPSA) is 29.5 Å². The van der Waals surface area contributed by atoms with Gasteiger partial charge in [0.1, 0.15) is 0 Å². The molecule has 1 atom stereocenters. The van der Waals surface area contributed by atoms with Crippen molar-refractivity contribution in [2.45, 2.75) is 103 Å². The lowest BCUT2D eigenvalue weighted by atomic mass is 10.0. The van der Waals surface area contributed by atoms with Crippen molar-refractivity contribution < 1.29 is 8.98 Å². The van der Waals surface area contributed by atoms with E-state index in [-0.39, 0.29) is 0 Å². The quantitative estimate of drug-likeness (QED) is 0.113. The molecule has 0 aromatic heterocycles. The molecular formula is C26H43N2O2S+. The molecule has 5 heteroatoms. The van der Waals surface area contributed by atoms with Crippen LogP contribution in [0.2, 0.25) is 0 Å². The summed E-state index contributed by atoms with van der Waals surface area (Å²) < 4.78 is 6.68. The van der Waals surface area contributed by atoms with E-state index >= 15 is 0 Å². The molecule has 1 aromatic rings. The molecule has 3 rings (SSSR count). The van der Waals surface area contributed by atoms with E-state index in [4.69, 9.17) is 4.18 Å². The number of hydrogen-bond donors (Lipinski definition) is 0. The summed E-state index contributed by atoms with van der Waals surface area (Å²) in [6.45, 7) is 4.94. The summed E-state index contributed by atoms with van der Waals surface area (Å²) in [5, 5.41) is 0. The molecule has 1 amide bonds. The molecule has 0 aliphatic carbocycles. The molecule has 2 heterocycles. The van der Waals surface area contributed by atoms with E-state index < -0.39 is 0 Å². The van der Waals surface area contributed by atoms with Crippen molar-refractivity contribution >= 4 is 23.8 Å². The Kier molecular flexibility index (Phi) is 10.5. The summed E-state index contributed by atoms with van der Waals surface area (Å²) in [5.74, 6) is 1.27. The van der Waals surface area contributed by atoms with E-state index in [9.17, 15) is 4.79 Å². The Morgan fingerprint density at radius 2 is 1.52 bits per heavy atom. The highest BCUT2D eigenvalue weighted by Crippen LogP contribution is 2.48. The van der Waals surface area contributed by atoms with Crippen LogP contribution in [0.1, 0.15) is 103 Å². The lowest BCUT2D eigenvalue weighted by molar-refractivity contribution is -0.128. The zero-order valence-electron chi connectivity index (χ0n) is 19.7. The summed E-state index contributed by atoms with van der Waals surface area (Å²) in [4.78, 5) is 14.3. The van der Waals surface area contributed by atoms with Gasteiger partial charge in [-0.15, -0.1) is 0 Å². The molecule has 2 aliphatic rings. The molecule has 1 unspecified atom stereocenters. The first-order valence-corrected chi connectivity index (χ1v) is 13.6. The largest absolute Gasteiger partial charge is 0.371 e. The van der Waals surface area contributed by atoms with Crippen LogP contribution < -0.4 is 8.07 Å². The van der Waals surface area contributed by atoms with Crippen LogP contribution in [0.25, 0.3) is 0 Å². The molecule has 174 valence electrons. The SMILES string of the molecule is CCCCCCCCCCCCCCC[N+]1(CN2CCCC2=O)SOc2ccccc21. The third kappa shape index (κ3) is 7.42. The number of likely N-dealkylation sites (tertiary alicyclic amines) is 1. The van der Waals surface area contributed by atoms with Gasteiger partial charge in [-0.25, -0.2) is 0 Å². The number of unbranched alkanes of at least 4 members (excludes halogenated alkanes) is 12. The van der Waals surface area contributed by atoms with Gasteiger partial charge in [-0.3, -0.25) is 9.69 Å². The van der Waals surface area contributed by atoms with Crippen LogP contribution in [-0.4, -0.2) is 30.6 Å². The molecule has 1 aromatic carbocycles. The second-order valence-electron chi connectivity index (χ2n) is 9.38. The fourth-order valence-electron chi connectivity index (χ4n) is 4.86. The zero-order chi connectivity index (χ0) is 21.8.